The zero-order valence-electron chi connectivity index (χ0n) is 16.6. The topological polar surface area (TPSA) is 12.9 Å². The van der Waals surface area contributed by atoms with Crippen molar-refractivity contribution < 1.29 is 0 Å². The van der Waals surface area contributed by atoms with E-state index in [9.17, 15) is 0 Å². The van der Waals surface area contributed by atoms with Crippen LogP contribution >= 0.6 is 0 Å². The lowest BCUT2D eigenvalue weighted by Gasteiger charge is -2.17. The Labute approximate surface area is 177 Å². The van der Waals surface area contributed by atoms with E-state index >= 15 is 0 Å². The predicted octanol–water partition coefficient (Wildman–Crippen LogP) is 7.75. The zero-order chi connectivity index (χ0) is 20.2. The molecule has 0 N–H and O–H groups in total. The first-order chi connectivity index (χ1) is 14.9. The average molecular weight is 383 g/mol. The second-order valence-electron chi connectivity index (χ2n) is 7.23. The highest BCUT2D eigenvalue weighted by atomic mass is 14.7. The Balaban J connectivity index is 1.81. The minimum Gasteiger partial charge on any atom is -0.256 e. The van der Waals surface area contributed by atoms with Gasteiger partial charge in [0.1, 0.15) is 0 Å². The Kier molecular flexibility index (Phi) is 4.93. The number of hydrogen-bond donors (Lipinski definition) is 0. The molecular formula is C29H21N. The van der Waals surface area contributed by atoms with Crippen molar-refractivity contribution in [3.8, 4) is 44.6 Å². The van der Waals surface area contributed by atoms with Gasteiger partial charge in [0, 0.05) is 17.3 Å². The highest BCUT2D eigenvalue weighted by Gasteiger charge is 2.17. The van der Waals surface area contributed by atoms with Gasteiger partial charge in [-0.25, -0.2) is 0 Å². The normalized spacial score (nSPS) is 10.7. The van der Waals surface area contributed by atoms with E-state index in [4.69, 9.17) is 4.98 Å². The standard InChI is InChI=1S/C29H21N/c1-4-12-22(13-5-1)25-18-10-11-19-27(25)29-28(24-16-8-3-9-17-24)26(20-21-30-29)23-14-6-2-7-15-23/h1-21H. The summed E-state index contributed by atoms with van der Waals surface area (Å²) in [5.41, 5.74) is 9.23. The van der Waals surface area contributed by atoms with Gasteiger partial charge >= 0.3 is 0 Å². The lowest BCUT2D eigenvalue weighted by Crippen LogP contribution is -1.95. The van der Waals surface area contributed by atoms with Crippen molar-refractivity contribution in [3.05, 3.63) is 128 Å². The van der Waals surface area contributed by atoms with Gasteiger partial charge in [0.15, 0.2) is 0 Å². The van der Waals surface area contributed by atoms with Crippen molar-refractivity contribution in [2.24, 2.45) is 0 Å². The maximum absolute atomic E-state index is 4.90. The van der Waals surface area contributed by atoms with Crippen molar-refractivity contribution in [2.75, 3.05) is 0 Å². The first kappa shape index (κ1) is 18.1. The van der Waals surface area contributed by atoms with Crippen LogP contribution in [0.2, 0.25) is 0 Å². The summed E-state index contributed by atoms with van der Waals surface area (Å²) in [6, 6.07) is 42.3. The van der Waals surface area contributed by atoms with E-state index < -0.39 is 0 Å². The largest absolute Gasteiger partial charge is 0.256 e. The summed E-state index contributed by atoms with van der Waals surface area (Å²) in [5.74, 6) is 0. The number of hydrogen-bond acceptors (Lipinski definition) is 1. The molecule has 5 rings (SSSR count). The predicted molar refractivity (Wildman–Crippen MR) is 126 cm³/mol. The first-order valence-corrected chi connectivity index (χ1v) is 10.2. The van der Waals surface area contributed by atoms with Crippen molar-refractivity contribution in [1.29, 1.82) is 0 Å². The van der Waals surface area contributed by atoms with Gasteiger partial charge in [0.25, 0.3) is 0 Å². The van der Waals surface area contributed by atoms with Crippen LogP contribution in [0.15, 0.2) is 128 Å². The van der Waals surface area contributed by atoms with Crippen LogP contribution in [-0.2, 0) is 0 Å². The van der Waals surface area contributed by atoms with Crippen LogP contribution in [0.5, 0.6) is 0 Å². The zero-order valence-corrected chi connectivity index (χ0v) is 16.6. The Morgan fingerprint density at radius 1 is 0.367 bits per heavy atom. The molecular weight excluding hydrogens is 362 g/mol. The molecule has 1 aromatic heterocycles. The van der Waals surface area contributed by atoms with E-state index in [0.717, 1.165) is 16.8 Å². The quantitative estimate of drug-likeness (QED) is 0.309. The lowest BCUT2D eigenvalue weighted by atomic mass is 9.88. The van der Waals surface area contributed by atoms with Gasteiger partial charge in [-0.3, -0.25) is 4.98 Å². The molecule has 0 aliphatic heterocycles. The Hall–Kier alpha value is -3.97. The Morgan fingerprint density at radius 2 is 0.833 bits per heavy atom. The summed E-state index contributed by atoms with van der Waals surface area (Å²) in [7, 11) is 0. The fourth-order valence-electron chi connectivity index (χ4n) is 3.98. The van der Waals surface area contributed by atoms with E-state index in [2.05, 4.69) is 121 Å². The number of aromatic nitrogens is 1. The number of pyridine rings is 1. The molecule has 142 valence electrons. The molecule has 0 radical (unpaired) electrons. The van der Waals surface area contributed by atoms with Gasteiger partial charge in [-0.05, 0) is 33.9 Å². The minimum atomic E-state index is 1.00. The van der Waals surface area contributed by atoms with Crippen LogP contribution in [0.1, 0.15) is 0 Å². The van der Waals surface area contributed by atoms with Crippen LogP contribution in [0.4, 0.5) is 0 Å². The lowest BCUT2D eigenvalue weighted by molar-refractivity contribution is 1.32. The maximum atomic E-state index is 4.90. The third-order valence-corrected chi connectivity index (χ3v) is 5.37. The second-order valence-corrected chi connectivity index (χ2v) is 7.23. The molecule has 30 heavy (non-hydrogen) atoms. The molecule has 0 bridgehead atoms. The second kappa shape index (κ2) is 8.18. The van der Waals surface area contributed by atoms with Crippen molar-refractivity contribution in [3.63, 3.8) is 0 Å². The molecule has 1 heteroatoms. The van der Waals surface area contributed by atoms with Crippen molar-refractivity contribution in [2.45, 2.75) is 0 Å². The van der Waals surface area contributed by atoms with E-state index in [0.29, 0.717) is 0 Å². The summed E-state index contributed by atoms with van der Waals surface area (Å²) in [4.78, 5) is 4.90. The monoisotopic (exact) mass is 383 g/mol. The fourth-order valence-corrected chi connectivity index (χ4v) is 3.98. The molecule has 0 saturated heterocycles. The number of benzene rings is 4. The molecule has 0 aliphatic carbocycles. The third kappa shape index (κ3) is 3.42. The molecule has 0 unspecified atom stereocenters. The molecule has 4 aromatic carbocycles. The van der Waals surface area contributed by atoms with Gasteiger partial charge in [-0.15, -0.1) is 0 Å². The van der Waals surface area contributed by atoms with Gasteiger partial charge in [0.05, 0.1) is 5.69 Å². The third-order valence-electron chi connectivity index (χ3n) is 5.37. The van der Waals surface area contributed by atoms with Crippen LogP contribution in [0.25, 0.3) is 44.6 Å². The number of rotatable bonds is 4. The summed E-state index contributed by atoms with van der Waals surface area (Å²) in [6.07, 6.45) is 1.92. The van der Waals surface area contributed by atoms with Gasteiger partial charge in [-0.2, -0.15) is 0 Å². The summed E-state index contributed by atoms with van der Waals surface area (Å²) < 4.78 is 0. The highest BCUT2D eigenvalue weighted by molar-refractivity contribution is 5.96. The summed E-state index contributed by atoms with van der Waals surface area (Å²) >= 11 is 0. The first-order valence-electron chi connectivity index (χ1n) is 10.2. The molecule has 0 aliphatic rings. The summed E-state index contributed by atoms with van der Waals surface area (Å²) in [6.45, 7) is 0. The molecule has 5 aromatic rings. The SMILES string of the molecule is c1ccc(-c2ccccc2-c2nccc(-c3ccccc3)c2-c2ccccc2)cc1. The van der Waals surface area contributed by atoms with Crippen molar-refractivity contribution >= 4 is 0 Å². The smallest absolute Gasteiger partial charge is 0.0792 e. The Bertz CT molecular complexity index is 1260. The molecule has 0 spiro atoms. The fraction of sp³-hybridized carbons (Fsp3) is 0. The van der Waals surface area contributed by atoms with Crippen LogP contribution < -0.4 is 0 Å². The Morgan fingerprint density at radius 3 is 1.43 bits per heavy atom. The van der Waals surface area contributed by atoms with Gasteiger partial charge < -0.3 is 0 Å². The molecule has 0 atom stereocenters. The molecule has 1 heterocycles. The minimum absolute atomic E-state index is 1.00. The van der Waals surface area contributed by atoms with Crippen LogP contribution in [0.3, 0.4) is 0 Å². The van der Waals surface area contributed by atoms with Crippen LogP contribution in [0, 0.1) is 0 Å². The molecule has 0 fully saturated rings. The van der Waals surface area contributed by atoms with Gasteiger partial charge in [-0.1, -0.05) is 115 Å². The summed E-state index contributed by atoms with van der Waals surface area (Å²) in [5, 5.41) is 0. The van der Waals surface area contributed by atoms with Crippen molar-refractivity contribution in [1.82, 2.24) is 4.98 Å². The highest BCUT2D eigenvalue weighted by Crippen LogP contribution is 2.41. The van der Waals surface area contributed by atoms with E-state index in [1.165, 1.54) is 27.8 Å². The van der Waals surface area contributed by atoms with E-state index in [-0.39, 0.29) is 0 Å². The number of nitrogens with zero attached hydrogens (tertiary/aromatic N) is 1. The van der Waals surface area contributed by atoms with E-state index in [1.807, 2.05) is 6.20 Å². The van der Waals surface area contributed by atoms with Gasteiger partial charge in [0.2, 0.25) is 0 Å². The van der Waals surface area contributed by atoms with Crippen LogP contribution in [-0.4, -0.2) is 4.98 Å². The molecule has 0 amide bonds. The maximum Gasteiger partial charge on any atom is 0.0792 e. The van der Waals surface area contributed by atoms with E-state index in [1.54, 1.807) is 0 Å². The molecule has 1 nitrogen and oxygen atoms in total. The molecule has 0 saturated carbocycles. The average Bonchev–Trinajstić information content (AvgIpc) is 2.85.